The average molecular weight is 435 g/mol. The first kappa shape index (κ1) is 22.1. The van der Waals surface area contributed by atoms with E-state index in [1.807, 2.05) is 6.07 Å². The first-order chi connectivity index (χ1) is 14.7. The molecule has 2 N–H and O–H groups in total. The highest BCUT2D eigenvalue weighted by Crippen LogP contribution is 2.35. The summed E-state index contributed by atoms with van der Waals surface area (Å²) in [5.41, 5.74) is -0.319. The maximum atomic E-state index is 13.0. The third kappa shape index (κ3) is 5.53. The lowest BCUT2D eigenvalue weighted by Gasteiger charge is -2.32. The van der Waals surface area contributed by atoms with Crippen LogP contribution in [0.15, 0.2) is 48.5 Å². The molecule has 3 rings (SSSR count). The van der Waals surface area contributed by atoms with Crippen LogP contribution in [0, 0.1) is 0 Å². The van der Waals surface area contributed by atoms with E-state index in [-0.39, 0.29) is 24.5 Å². The first-order valence-electron chi connectivity index (χ1n) is 9.34. The van der Waals surface area contributed by atoms with Crippen molar-refractivity contribution in [3.8, 4) is 5.75 Å². The Morgan fingerprint density at radius 3 is 2.55 bits per heavy atom. The summed E-state index contributed by atoms with van der Waals surface area (Å²) in [6.07, 6.45) is -5.04. The predicted molar refractivity (Wildman–Crippen MR) is 105 cm³/mol. The largest absolute Gasteiger partial charge is 0.495 e. The van der Waals surface area contributed by atoms with Gasteiger partial charge >= 0.3 is 6.18 Å². The second kappa shape index (κ2) is 9.07. The normalized spacial score (nSPS) is 16.6. The summed E-state index contributed by atoms with van der Waals surface area (Å²) >= 11 is 0. The number of nitrogens with zero attached hydrogens (tertiary/aromatic N) is 1. The van der Waals surface area contributed by atoms with E-state index in [1.165, 1.54) is 12.0 Å². The van der Waals surface area contributed by atoms with Gasteiger partial charge in [0.1, 0.15) is 11.8 Å². The van der Waals surface area contributed by atoms with E-state index in [9.17, 15) is 27.6 Å². The molecule has 0 radical (unpaired) electrons. The summed E-state index contributed by atoms with van der Waals surface area (Å²) in [6.45, 7) is 0.0555. The molecule has 2 aromatic rings. The standard InChI is InChI=1S/C21H20F3N3O4/c1-31-17-8-7-14(21(22,23)24)9-15(17)25-18(28)10-16-20(30)27(12-19(29)26-16)11-13-5-3-2-4-6-13/h2-9,16H,10-12H2,1H3,(H,25,28)(H,26,29)/t16-/m1/s1. The van der Waals surface area contributed by atoms with Crippen molar-refractivity contribution in [1.29, 1.82) is 0 Å². The predicted octanol–water partition coefficient (Wildman–Crippen LogP) is 2.57. The van der Waals surface area contributed by atoms with Gasteiger partial charge in [-0.1, -0.05) is 30.3 Å². The topological polar surface area (TPSA) is 87.7 Å². The minimum Gasteiger partial charge on any atom is -0.495 e. The molecule has 164 valence electrons. The summed E-state index contributed by atoms with van der Waals surface area (Å²) in [6, 6.07) is 10.6. The fraction of sp³-hybridized carbons (Fsp3) is 0.286. The minimum absolute atomic E-state index is 0.0334. The number of nitrogens with one attached hydrogen (secondary N) is 2. The third-order valence-electron chi connectivity index (χ3n) is 4.69. The Morgan fingerprint density at radius 1 is 1.19 bits per heavy atom. The van der Waals surface area contributed by atoms with Gasteiger partial charge in [0.05, 0.1) is 31.3 Å². The van der Waals surface area contributed by atoms with Crippen LogP contribution in [-0.2, 0) is 27.1 Å². The van der Waals surface area contributed by atoms with E-state index < -0.39 is 41.9 Å². The Bertz CT molecular complexity index is 980. The molecule has 10 heteroatoms. The molecular formula is C21H20F3N3O4. The molecule has 1 fully saturated rings. The van der Waals surface area contributed by atoms with Crippen molar-refractivity contribution in [2.24, 2.45) is 0 Å². The molecule has 0 bridgehead atoms. The zero-order chi connectivity index (χ0) is 22.6. The Morgan fingerprint density at radius 2 is 1.90 bits per heavy atom. The molecule has 1 aliphatic rings. The van der Waals surface area contributed by atoms with E-state index in [0.29, 0.717) is 0 Å². The second-order valence-corrected chi connectivity index (χ2v) is 6.97. The average Bonchev–Trinajstić information content (AvgIpc) is 2.71. The fourth-order valence-corrected chi connectivity index (χ4v) is 3.22. The van der Waals surface area contributed by atoms with Crippen LogP contribution < -0.4 is 15.4 Å². The number of alkyl halides is 3. The van der Waals surface area contributed by atoms with Gasteiger partial charge in [-0.2, -0.15) is 13.2 Å². The molecule has 2 aromatic carbocycles. The van der Waals surface area contributed by atoms with Crippen molar-refractivity contribution in [3.05, 3.63) is 59.7 Å². The first-order valence-corrected chi connectivity index (χ1v) is 9.34. The molecule has 3 amide bonds. The molecule has 0 aromatic heterocycles. The molecule has 7 nitrogen and oxygen atoms in total. The van der Waals surface area contributed by atoms with Crippen molar-refractivity contribution in [1.82, 2.24) is 10.2 Å². The number of hydrogen-bond acceptors (Lipinski definition) is 4. The maximum Gasteiger partial charge on any atom is 0.416 e. The molecule has 31 heavy (non-hydrogen) atoms. The number of methoxy groups -OCH3 is 1. The molecule has 0 saturated carbocycles. The van der Waals surface area contributed by atoms with E-state index in [0.717, 1.165) is 23.8 Å². The number of piperazine rings is 1. The van der Waals surface area contributed by atoms with Gasteiger partial charge in [-0.25, -0.2) is 0 Å². The molecule has 1 heterocycles. The molecule has 0 unspecified atom stereocenters. The summed E-state index contributed by atoms with van der Waals surface area (Å²) in [7, 11) is 1.25. The van der Waals surface area contributed by atoms with Gasteiger partial charge in [0.25, 0.3) is 0 Å². The van der Waals surface area contributed by atoms with Crippen LogP contribution in [0.2, 0.25) is 0 Å². The van der Waals surface area contributed by atoms with E-state index in [1.54, 1.807) is 24.3 Å². The number of amides is 3. The summed E-state index contributed by atoms with van der Waals surface area (Å²) in [5, 5.41) is 4.80. The van der Waals surface area contributed by atoms with E-state index in [2.05, 4.69) is 10.6 Å². The SMILES string of the molecule is COc1ccc(C(F)(F)F)cc1NC(=O)C[C@H]1NC(=O)CN(Cc2ccccc2)C1=O. The number of halogens is 3. The van der Waals surface area contributed by atoms with Crippen molar-refractivity contribution in [2.75, 3.05) is 19.0 Å². The summed E-state index contributed by atoms with van der Waals surface area (Å²) in [5.74, 6) is -1.58. The lowest BCUT2D eigenvalue weighted by Crippen LogP contribution is -2.58. The van der Waals surface area contributed by atoms with Crippen LogP contribution in [-0.4, -0.2) is 42.3 Å². The third-order valence-corrected chi connectivity index (χ3v) is 4.69. The monoisotopic (exact) mass is 435 g/mol. The zero-order valence-corrected chi connectivity index (χ0v) is 16.5. The minimum atomic E-state index is -4.60. The molecular weight excluding hydrogens is 415 g/mol. The number of rotatable bonds is 6. The van der Waals surface area contributed by atoms with Gasteiger partial charge in [-0.15, -0.1) is 0 Å². The van der Waals surface area contributed by atoms with Crippen LogP contribution in [0.1, 0.15) is 17.5 Å². The summed E-state index contributed by atoms with van der Waals surface area (Å²) < 4.78 is 43.9. The van der Waals surface area contributed by atoms with Crippen molar-refractivity contribution in [3.63, 3.8) is 0 Å². The van der Waals surface area contributed by atoms with Crippen LogP contribution in [0.4, 0.5) is 18.9 Å². The Balaban J connectivity index is 1.71. The van der Waals surface area contributed by atoms with Crippen LogP contribution >= 0.6 is 0 Å². The molecule has 1 atom stereocenters. The highest BCUT2D eigenvalue weighted by molar-refractivity contribution is 6.00. The Hall–Kier alpha value is -3.56. The van der Waals surface area contributed by atoms with Crippen LogP contribution in [0.5, 0.6) is 5.75 Å². The molecule has 1 saturated heterocycles. The van der Waals surface area contributed by atoms with Crippen LogP contribution in [0.25, 0.3) is 0 Å². The quantitative estimate of drug-likeness (QED) is 0.730. The summed E-state index contributed by atoms with van der Waals surface area (Å²) in [4.78, 5) is 38.6. The molecule has 0 spiro atoms. The van der Waals surface area contributed by atoms with Crippen LogP contribution in [0.3, 0.4) is 0 Å². The highest BCUT2D eigenvalue weighted by Gasteiger charge is 2.35. The van der Waals surface area contributed by atoms with Gasteiger partial charge in [-0.3, -0.25) is 14.4 Å². The Labute approximate surface area is 176 Å². The van der Waals surface area contributed by atoms with E-state index >= 15 is 0 Å². The smallest absolute Gasteiger partial charge is 0.416 e. The lowest BCUT2D eigenvalue weighted by atomic mass is 10.1. The number of ether oxygens (including phenoxy) is 1. The zero-order valence-electron chi connectivity index (χ0n) is 16.5. The Kier molecular flexibility index (Phi) is 6.47. The van der Waals surface area contributed by atoms with Gasteiger partial charge in [0.2, 0.25) is 17.7 Å². The maximum absolute atomic E-state index is 13.0. The highest BCUT2D eigenvalue weighted by atomic mass is 19.4. The second-order valence-electron chi connectivity index (χ2n) is 6.97. The molecule has 1 aliphatic heterocycles. The van der Waals surface area contributed by atoms with Gasteiger partial charge in [0, 0.05) is 6.54 Å². The van der Waals surface area contributed by atoms with Gasteiger partial charge in [-0.05, 0) is 23.8 Å². The van der Waals surface area contributed by atoms with Gasteiger partial charge in [0.15, 0.2) is 0 Å². The number of benzene rings is 2. The fourth-order valence-electron chi connectivity index (χ4n) is 3.22. The van der Waals surface area contributed by atoms with Gasteiger partial charge < -0.3 is 20.3 Å². The number of hydrogen-bond donors (Lipinski definition) is 2. The van der Waals surface area contributed by atoms with E-state index in [4.69, 9.17) is 4.74 Å². The molecule has 0 aliphatic carbocycles. The van der Waals surface area contributed by atoms with Crippen molar-refractivity contribution in [2.45, 2.75) is 25.2 Å². The van der Waals surface area contributed by atoms with Crippen molar-refractivity contribution < 1.29 is 32.3 Å². The lowest BCUT2D eigenvalue weighted by molar-refractivity contribution is -0.145. The number of carbonyl (C=O) groups excluding carboxylic acids is 3. The van der Waals surface area contributed by atoms with Crippen molar-refractivity contribution >= 4 is 23.4 Å². The number of anilines is 1. The number of carbonyl (C=O) groups is 3.